The second-order valence-electron chi connectivity index (χ2n) is 8.66. The first-order valence-electron chi connectivity index (χ1n) is 9.62. The molecule has 3 N–H and O–H groups in total. The maximum Gasteiger partial charge on any atom is 0.127 e. The highest BCUT2D eigenvalue weighted by molar-refractivity contribution is 5.52. The van der Waals surface area contributed by atoms with Gasteiger partial charge < -0.3 is 20.1 Å². The molecule has 1 unspecified atom stereocenters. The summed E-state index contributed by atoms with van der Waals surface area (Å²) in [5, 5.41) is 32.2. The van der Waals surface area contributed by atoms with E-state index in [2.05, 4.69) is 6.92 Å². The molecule has 0 radical (unpaired) electrons. The summed E-state index contributed by atoms with van der Waals surface area (Å²) in [4.78, 5) is 0. The zero-order valence-corrected chi connectivity index (χ0v) is 15.9. The number of aromatic hydroxyl groups is 1. The molecule has 140 valence electrons. The molecule has 25 heavy (non-hydrogen) atoms. The Morgan fingerprint density at radius 2 is 1.92 bits per heavy atom. The third-order valence-electron chi connectivity index (χ3n) is 6.22. The molecule has 1 aliphatic heterocycles. The standard InChI is InChI=1S/C21H32O4/c1-5-6-7-8-13-11-15(22)18-16(12-13)25-20(2,3)14-9-10-21(4,24)19(23)17(14)18/h11-12,14,17,19,22-24H,5-10H2,1-4H3/t14-,17?,19+,21+/m1/s1. The Kier molecular flexibility index (Phi) is 4.80. The van der Waals surface area contributed by atoms with Gasteiger partial charge >= 0.3 is 0 Å². The molecule has 1 aliphatic carbocycles. The number of aliphatic hydroxyl groups excluding tert-OH is 1. The van der Waals surface area contributed by atoms with Crippen molar-refractivity contribution in [3.05, 3.63) is 23.3 Å². The largest absolute Gasteiger partial charge is 0.508 e. The van der Waals surface area contributed by atoms with Crippen molar-refractivity contribution >= 4 is 0 Å². The van der Waals surface area contributed by atoms with Crippen LogP contribution in [0.15, 0.2) is 12.1 Å². The third kappa shape index (κ3) is 3.26. The van der Waals surface area contributed by atoms with E-state index in [9.17, 15) is 15.3 Å². The van der Waals surface area contributed by atoms with Crippen molar-refractivity contribution in [2.24, 2.45) is 5.92 Å². The number of phenols is 1. The van der Waals surface area contributed by atoms with Crippen molar-refractivity contribution < 1.29 is 20.1 Å². The Bertz CT molecular complexity index is 635. The Morgan fingerprint density at radius 3 is 2.60 bits per heavy atom. The van der Waals surface area contributed by atoms with Gasteiger partial charge in [0.05, 0.1) is 11.7 Å². The van der Waals surface area contributed by atoms with Gasteiger partial charge in [-0.15, -0.1) is 0 Å². The van der Waals surface area contributed by atoms with Crippen LogP contribution in [0.5, 0.6) is 11.5 Å². The summed E-state index contributed by atoms with van der Waals surface area (Å²) in [5.41, 5.74) is 0.147. The lowest BCUT2D eigenvalue weighted by Crippen LogP contribution is -2.57. The molecule has 1 saturated carbocycles. The van der Waals surface area contributed by atoms with Crippen molar-refractivity contribution in [2.45, 2.75) is 89.4 Å². The second kappa shape index (κ2) is 6.48. The number of hydrogen-bond acceptors (Lipinski definition) is 4. The van der Waals surface area contributed by atoms with Gasteiger partial charge in [0, 0.05) is 17.4 Å². The van der Waals surface area contributed by atoms with Crippen molar-refractivity contribution in [1.29, 1.82) is 0 Å². The van der Waals surface area contributed by atoms with Gasteiger partial charge in [-0.25, -0.2) is 0 Å². The third-order valence-corrected chi connectivity index (χ3v) is 6.22. The van der Waals surface area contributed by atoms with Gasteiger partial charge in [0.25, 0.3) is 0 Å². The maximum atomic E-state index is 10.9. The normalized spacial score (nSPS) is 33.3. The topological polar surface area (TPSA) is 69.9 Å². The summed E-state index contributed by atoms with van der Waals surface area (Å²) in [6.07, 6.45) is 4.70. The predicted molar refractivity (Wildman–Crippen MR) is 98.1 cm³/mol. The summed E-state index contributed by atoms with van der Waals surface area (Å²) in [7, 11) is 0. The summed E-state index contributed by atoms with van der Waals surface area (Å²) in [6.45, 7) is 7.95. The highest BCUT2D eigenvalue weighted by Crippen LogP contribution is 2.56. The van der Waals surface area contributed by atoms with E-state index in [1.54, 1.807) is 6.92 Å². The van der Waals surface area contributed by atoms with E-state index in [4.69, 9.17) is 4.74 Å². The van der Waals surface area contributed by atoms with Crippen LogP contribution >= 0.6 is 0 Å². The van der Waals surface area contributed by atoms with Crippen LogP contribution in [-0.2, 0) is 6.42 Å². The van der Waals surface area contributed by atoms with Gasteiger partial charge in [0.1, 0.15) is 17.1 Å². The number of aliphatic hydroxyl groups is 2. The molecule has 0 amide bonds. The first-order chi connectivity index (χ1) is 11.7. The fourth-order valence-corrected chi connectivity index (χ4v) is 4.69. The van der Waals surface area contributed by atoms with Gasteiger partial charge in [0.15, 0.2) is 0 Å². The molecule has 2 aliphatic rings. The summed E-state index contributed by atoms with van der Waals surface area (Å²) in [5.74, 6) is 0.597. The summed E-state index contributed by atoms with van der Waals surface area (Å²) in [6, 6.07) is 3.82. The van der Waals surface area contributed by atoms with Crippen LogP contribution in [0, 0.1) is 5.92 Å². The highest BCUT2D eigenvalue weighted by Gasteiger charge is 2.55. The molecule has 0 spiro atoms. The number of unbranched alkanes of at least 4 members (excludes halogenated alkanes) is 2. The Morgan fingerprint density at radius 1 is 1.20 bits per heavy atom. The van der Waals surface area contributed by atoms with Crippen LogP contribution in [0.2, 0.25) is 0 Å². The number of rotatable bonds is 4. The molecule has 0 aromatic heterocycles. The number of phenolic OH excluding ortho intramolecular Hbond substituents is 1. The molecular weight excluding hydrogens is 316 g/mol. The Labute approximate surface area is 150 Å². The predicted octanol–water partition coefficient (Wildman–Crippen LogP) is 3.90. The Balaban J connectivity index is 2.02. The zero-order valence-electron chi connectivity index (χ0n) is 15.9. The lowest BCUT2D eigenvalue weighted by molar-refractivity contribution is -0.144. The lowest BCUT2D eigenvalue weighted by Gasteiger charge is -2.53. The van der Waals surface area contributed by atoms with Crippen LogP contribution in [0.3, 0.4) is 0 Å². The van der Waals surface area contributed by atoms with E-state index in [0.29, 0.717) is 17.7 Å². The molecule has 0 bridgehead atoms. The minimum atomic E-state index is -1.14. The van der Waals surface area contributed by atoms with Crippen LogP contribution in [0.25, 0.3) is 0 Å². The Hall–Kier alpha value is -1.26. The highest BCUT2D eigenvalue weighted by atomic mass is 16.5. The number of hydrogen-bond donors (Lipinski definition) is 3. The first-order valence-corrected chi connectivity index (χ1v) is 9.62. The maximum absolute atomic E-state index is 10.9. The van der Waals surface area contributed by atoms with Crippen LogP contribution in [0.1, 0.15) is 76.8 Å². The molecule has 3 rings (SSSR count). The van der Waals surface area contributed by atoms with Gasteiger partial charge in [-0.3, -0.25) is 0 Å². The molecule has 1 aromatic rings. The fourth-order valence-electron chi connectivity index (χ4n) is 4.69. The lowest BCUT2D eigenvalue weighted by atomic mass is 9.61. The van der Waals surface area contributed by atoms with Crippen LogP contribution < -0.4 is 4.74 Å². The van der Waals surface area contributed by atoms with Crippen molar-refractivity contribution in [3.63, 3.8) is 0 Å². The van der Waals surface area contributed by atoms with Crippen molar-refractivity contribution in [1.82, 2.24) is 0 Å². The van der Waals surface area contributed by atoms with E-state index < -0.39 is 17.3 Å². The van der Waals surface area contributed by atoms with Gasteiger partial charge in [0.2, 0.25) is 0 Å². The molecule has 1 heterocycles. The molecule has 4 heteroatoms. The van der Waals surface area contributed by atoms with Gasteiger partial charge in [-0.05, 0) is 64.2 Å². The SMILES string of the molecule is CCCCCc1cc(O)c2c(c1)OC(C)(C)[C@@H]1CC[C@](C)(O)[C@@H](O)C21. The quantitative estimate of drug-likeness (QED) is 0.722. The van der Waals surface area contributed by atoms with E-state index in [0.717, 1.165) is 37.7 Å². The van der Waals surface area contributed by atoms with Gasteiger partial charge in [-0.2, -0.15) is 0 Å². The van der Waals surface area contributed by atoms with Crippen molar-refractivity contribution in [2.75, 3.05) is 0 Å². The molecule has 4 atom stereocenters. The van der Waals surface area contributed by atoms with Crippen molar-refractivity contribution in [3.8, 4) is 11.5 Å². The average Bonchev–Trinajstić information content (AvgIpc) is 2.50. The minimum absolute atomic E-state index is 0.0621. The van der Waals surface area contributed by atoms with Crippen LogP contribution in [0.4, 0.5) is 0 Å². The average molecular weight is 348 g/mol. The second-order valence-corrected chi connectivity index (χ2v) is 8.66. The smallest absolute Gasteiger partial charge is 0.127 e. The van der Waals surface area contributed by atoms with E-state index in [-0.39, 0.29) is 17.6 Å². The van der Waals surface area contributed by atoms with E-state index in [1.165, 1.54) is 0 Å². The molecule has 4 nitrogen and oxygen atoms in total. The molecule has 1 aromatic carbocycles. The monoisotopic (exact) mass is 348 g/mol. The number of ether oxygens (including phenoxy) is 1. The fraction of sp³-hybridized carbons (Fsp3) is 0.714. The first kappa shape index (κ1) is 18.5. The zero-order chi connectivity index (χ0) is 18.4. The van der Waals surface area contributed by atoms with Crippen LogP contribution in [-0.4, -0.2) is 32.6 Å². The number of fused-ring (bicyclic) bond motifs is 3. The van der Waals surface area contributed by atoms with Gasteiger partial charge in [-0.1, -0.05) is 19.8 Å². The molecule has 0 saturated heterocycles. The number of aryl methyl sites for hydroxylation is 1. The molecule has 1 fully saturated rings. The summed E-state index contributed by atoms with van der Waals surface area (Å²) >= 11 is 0. The van der Waals surface area contributed by atoms with E-state index >= 15 is 0 Å². The van der Waals surface area contributed by atoms with E-state index in [1.807, 2.05) is 26.0 Å². The molecular formula is C21H32O4. The number of benzene rings is 1. The minimum Gasteiger partial charge on any atom is -0.508 e. The summed E-state index contributed by atoms with van der Waals surface area (Å²) < 4.78 is 6.28.